The van der Waals surface area contributed by atoms with Crippen molar-refractivity contribution in [1.29, 1.82) is 0 Å². The monoisotopic (exact) mass is 413 g/mol. The number of hydrogen-bond donors (Lipinski definition) is 3. The van der Waals surface area contributed by atoms with Gasteiger partial charge in [0.15, 0.2) is 0 Å². The molecule has 0 aliphatic heterocycles. The molecule has 2 aromatic carbocycles. The van der Waals surface area contributed by atoms with Gasteiger partial charge in [0.05, 0.1) is 10.5 Å². The average Bonchev–Trinajstić information content (AvgIpc) is 2.68. The smallest absolute Gasteiger partial charge is 0.240 e. The third-order valence-electron chi connectivity index (χ3n) is 4.91. The lowest BCUT2D eigenvalue weighted by Crippen LogP contribution is -2.44. The molecule has 29 heavy (non-hydrogen) atoms. The average molecular weight is 414 g/mol. The molecule has 0 bridgehead atoms. The number of aryl methyl sites for hydroxylation is 1. The first-order valence-corrected chi connectivity index (χ1v) is 11.0. The Hall–Kier alpha value is -2.32. The van der Waals surface area contributed by atoms with Gasteiger partial charge >= 0.3 is 0 Å². The summed E-state index contributed by atoms with van der Waals surface area (Å²) in [5, 5.41) is 15.6. The largest absolute Gasteiger partial charge is 0.384 e. The van der Waals surface area contributed by atoms with Crippen molar-refractivity contribution in [3.8, 4) is 0 Å². The van der Waals surface area contributed by atoms with Crippen LogP contribution in [0.3, 0.4) is 0 Å². The van der Waals surface area contributed by atoms with Crippen molar-refractivity contribution in [2.45, 2.75) is 37.3 Å². The number of rotatable bonds is 8. The Labute approximate surface area is 172 Å². The highest BCUT2D eigenvalue weighted by atomic mass is 32.2. The predicted molar refractivity (Wildman–Crippen MR) is 115 cm³/mol. The minimum atomic E-state index is -3.66. The fourth-order valence-electron chi connectivity index (χ4n) is 3.26. The van der Waals surface area contributed by atoms with E-state index in [0.717, 1.165) is 21.9 Å². The first kappa shape index (κ1) is 21.4. The van der Waals surface area contributed by atoms with Crippen molar-refractivity contribution < 1.29 is 13.5 Å². The van der Waals surface area contributed by atoms with Gasteiger partial charge < -0.3 is 10.4 Å². The maximum Gasteiger partial charge on any atom is 0.240 e. The summed E-state index contributed by atoms with van der Waals surface area (Å²) in [5.74, 6) is 0. The number of pyridine rings is 1. The molecule has 0 fully saturated rings. The highest BCUT2D eigenvalue weighted by Crippen LogP contribution is 2.22. The van der Waals surface area contributed by atoms with Crippen LogP contribution in [0, 0.1) is 6.92 Å². The van der Waals surface area contributed by atoms with E-state index in [-0.39, 0.29) is 10.9 Å². The topological polar surface area (TPSA) is 91.3 Å². The van der Waals surface area contributed by atoms with Gasteiger partial charge in [0.25, 0.3) is 0 Å². The maximum absolute atomic E-state index is 12.8. The first-order chi connectivity index (χ1) is 13.7. The van der Waals surface area contributed by atoms with Crippen molar-refractivity contribution in [3.63, 3.8) is 0 Å². The molecule has 0 aliphatic carbocycles. The van der Waals surface area contributed by atoms with E-state index in [1.165, 1.54) is 0 Å². The molecule has 0 aliphatic rings. The molecule has 0 radical (unpaired) electrons. The molecule has 1 aromatic heterocycles. The summed E-state index contributed by atoms with van der Waals surface area (Å²) in [4.78, 5) is 4.36. The fourth-order valence-corrected chi connectivity index (χ4v) is 4.53. The van der Waals surface area contributed by atoms with Crippen LogP contribution in [0.2, 0.25) is 0 Å². The first-order valence-electron chi connectivity index (χ1n) is 9.54. The van der Waals surface area contributed by atoms with Crippen molar-refractivity contribution in [2.24, 2.45) is 0 Å². The second-order valence-corrected chi connectivity index (χ2v) is 9.35. The highest BCUT2D eigenvalue weighted by Gasteiger charge is 2.23. The Bertz CT molecular complexity index is 1080. The number of fused-ring (bicyclic) bond motifs is 1. The maximum atomic E-state index is 12.8. The summed E-state index contributed by atoms with van der Waals surface area (Å²) in [6.45, 7) is 6.13. The molecule has 2 atom stereocenters. The lowest BCUT2D eigenvalue weighted by Gasteiger charge is -2.25. The van der Waals surface area contributed by atoms with E-state index < -0.39 is 15.6 Å². The van der Waals surface area contributed by atoms with Gasteiger partial charge in [-0.15, -0.1) is 0 Å². The number of hydrogen-bond acceptors (Lipinski definition) is 5. The Morgan fingerprint density at radius 2 is 1.86 bits per heavy atom. The molecule has 3 aromatic rings. The molecule has 6 nitrogen and oxygen atoms in total. The molecule has 0 amide bonds. The van der Waals surface area contributed by atoms with E-state index >= 15 is 0 Å². The molecule has 0 spiro atoms. The quantitative estimate of drug-likeness (QED) is 0.528. The van der Waals surface area contributed by atoms with Gasteiger partial charge in [-0.2, -0.15) is 0 Å². The van der Waals surface area contributed by atoms with E-state index in [2.05, 4.69) is 15.0 Å². The van der Waals surface area contributed by atoms with Crippen LogP contribution in [0.5, 0.6) is 0 Å². The molecule has 7 heteroatoms. The number of benzene rings is 2. The second-order valence-electron chi connectivity index (χ2n) is 7.63. The molecule has 1 unspecified atom stereocenters. The minimum Gasteiger partial charge on any atom is -0.384 e. The van der Waals surface area contributed by atoms with Crippen LogP contribution in [0.25, 0.3) is 10.8 Å². The van der Waals surface area contributed by atoms with Gasteiger partial charge in [-0.05, 0) is 49.4 Å². The molecule has 0 saturated carbocycles. The van der Waals surface area contributed by atoms with Crippen molar-refractivity contribution in [3.05, 3.63) is 72.1 Å². The van der Waals surface area contributed by atoms with E-state index in [0.29, 0.717) is 13.1 Å². The Balaban J connectivity index is 1.62. The molecule has 1 heterocycles. The molecule has 3 N–H and O–H groups in total. The van der Waals surface area contributed by atoms with Crippen molar-refractivity contribution >= 4 is 20.8 Å². The summed E-state index contributed by atoms with van der Waals surface area (Å²) in [6.07, 6.45) is 3.44. The van der Waals surface area contributed by atoms with Gasteiger partial charge in [-0.1, -0.05) is 36.4 Å². The molecular formula is C22H27N3O3S. The SMILES string of the molecule is Cc1cncc2ccc(S(=O)(=O)N[C@H](C)CNCC(C)(O)c3ccccc3)cc12. The molecule has 154 valence electrons. The Morgan fingerprint density at radius 1 is 1.14 bits per heavy atom. The standard InChI is InChI=1S/C22H27N3O3S/c1-16-12-23-14-18-9-10-20(11-21(16)18)29(27,28)25-17(2)13-24-15-22(3,26)19-7-5-4-6-8-19/h4-12,14,17,24-26H,13,15H2,1-3H3/t17-,22?/m1/s1. The Kier molecular flexibility index (Phi) is 6.33. The zero-order valence-corrected chi connectivity index (χ0v) is 17.7. The van der Waals surface area contributed by atoms with Crippen molar-refractivity contribution in [1.82, 2.24) is 15.0 Å². The molecule has 0 saturated heterocycles. The van der Waals surface area contributed by atoms with E-state index in [4.69, 9.17) is 0 Å². The summed E-state index contributed by atoms with van der Waals surface area (Å²) >= 11 is 0. The summed E-state index contributed by atoms with van der Waals surface area (Å²) in [5.41, 5.74) is 0.697. The number of aromatic nitrogens is 1. The highest BCUT2D eigenvalue weighted by molar-refractivity contribution is 7.89. The number of sulfonamides is 1. The van der Waals surface area contributed by atoms with Crippen LogP contribution >= 0.6 is 0 Å². The van der Waals surface area contributed by atoms with Crippen LogP contribution in [0.4, 0.5) is 0 Å². The molecular weight excluding hydrogens is 386 g/mol. The Morgan fingerprint density at radius 3 is 2.59 bits per heavy atom. The van der Waals surface area contributed by atoms with Gasteiger partial charge in [-0.3, -0.25) is 4.98 Å². The lowest BCUT2D eigenvalue weighted by atomic mass is 9.96. The normalized spacial score (nSPS) is 15.2. The second kappa shape index (κ2) is 8.59. The molecule has 3 rings (SSSR count). The van der Waals surface area contributed by atoms with Gasteiger partial charge in [0.2, 0.25) is 10.0 Å². The van der Waals surface area contributed by atoms with E-state index in [1.807, 2.05) is 37.3 Å². The third kappa shape index (κ3) is 5.19. The van der Waals surface area contributed by atoms with Crippen LogP contribution < -0.4 is 10.0 Å². The van der Waals surface area contributed by atoms with Crippen LogP contribution in [-0.2, 0) is 15.6 Å². The fraction of sp³-hybridized carbons (Fsp3) is 0.318. The van der Waals surface area contributed by atoms with Crippen LogP contribution in [0.1, 0.15) is 25.0 Å². The zero-order valence-electron chi connectivity index (χ0n) is 16.9. The minimum absolute atomic E-state index is 0.224. The van der Waals surface area contributed by atoms with Crippen molar-refractivity contribution in [2.75, 3.05) is 13.1 Å². The van der Waals surface area contributed by atoms with Gasteiger partial charge in [0.1, 0.15) is 0 Å². The van der Waals surface area contributed by atoms with Crippen LogP contribution in [-0.4, -0.2) is 37.6 Å². The predicted octanol–water partition coefficient (Wildman–Crippen LogP) is 2.71. The lowest BCUT2D eigenvalue weighted by molar-refractivity contribution is 0.0568. The van der Waals surface area contributed by atoms with Gasteiger partial charge in [0, 0.05) is 36.9 Å². The van der Waals surface area contributed by atoms with E-state index in [9.17, 15) is 13.5 Å². The van der Waals surface area contributed by atoms with E-state index in [1.54, 1.807) is 44.4 Å². The zero-order chi connectivity index (χ0) is 21.1. The number of aliphatic hydroxyl groups is 1. The number of nitrogens with zero attached hydrogens (tertiary/aromatic N) is 1. The summed E-state index contributed by atoms with van der Waals surface area (Å²) in [6, 6.07) is 14.1. The van der Waals surface area contributed by atoms with Crippen LogP contribution in [0.15, 0.2) is 65.8 Å². The number of nitrogens with one attached hydrogen (secondary N) is 2. The third-order valence-corrected chi connectivity index (χ3v) is 6.50. The van der Waals surface area contributed by atoms with Gasteiger partial charge in [-0.25, -0.2) is 13.1 Å². The summed E-state index contributed by atoms with van der Waals surface area (Å²) < 4.78 is 28.2. The summed E-state index contributed by atoms with van der Waals surface area (Å²) in [7, 11) is -3.66.